The molecule has 0 bridgehead atoms. The smallest absolute Gasteiger partial charge is 0.308 e. The summed E-state index contributed by atoms with van der Waals surface area (Å²) < 4.78 is 87.9. The van der Waals surface area contributed by atoms with Gasteiger partial charge >= 0.3 is 12.4 Å². The number of nitrogens with zero attached hydrogens (tertiary/aromatic N) is 7. The topological polar surface area (TPSA) is 126 Å². The minimum Gasteiger partial charge on any atom is -0.308 e. The van der Waals surface area contributed by atoms with E-state index >= 15 is 0 Å². The van der Waals surface area contributed by atoms with Gasteiger partial charge in [0.2, 0.25) is 0 Å². The van der Waals surface area contributed by atoms with E-state index in [4.69, 9.17) is 9.97 Å². The summed E-state index contributed by atoms with van der Waals surface area (Å²) in [6.45, 7) is 0. The average Bonchev–Trinajstić information content (AvgIpc) is 3.99. The molecule has 0 radical (unpaired) electrons. The van der Waals surface area contributed by atoms with Gasteiger partial charge in [-0.15, -0.1) is 0 Å². The van der Waals surface area contributed by atoms with Crippen LogP contribution in [-0.4, -0.2) is 14.5 Å². The predicted octanol–water partition coefficient (Wildman–Crippen LogP) is 16.8. The summed E-state index contributed by atoms with van der Waals surface area (Å²) in [6.07, 6.45) is -9.37. The molecule has 0 aliphatic carbocycles. The van der Waals surface area contributed by atoms with Gasteiger partial charge in [-0.05, 0) is 124 Å². The van der Waals surface area contributed by atoms with Crippen molar-refractivity contribution >= 4 is 21.8 Å². The van der Waals surface area contributed by atoms with Crippen molar-refractivity contribution in [1.29, 1.82) is 21.0 Å². The molecular weight excluding hydrogens is 981 g/mol. The van der Waals surface area contributed by atoms with Crippen molar-refractivity contribution in [1.82, 2.24) is 14.5 Å². The van der Waals surface area contributed by atoms with Gasteiger partial charge in [0.15, 0.2) is 5.82 Å². The molecule has 11 aromatic rings. The lowest BCUT2D eigenvalue weighted by Gasteiger charge is -2.22. The van der Waals surface area contributed by atoms with Crippen LogP contribution in [0, 0.1) is 45.3 Å². The van der Waals surface area contributed by atoms with E-state index in [0.29, 0.717) is 89.0 Å². The van der Waals surface area contributed by atoms with Crippen LogP contribution in [0.15, 0.2) is 200 Å². The van der Waals surface area contributed by atoms with Gasteiger partial charge in [-0.25, -0.2) is 9.97 Å². The van der Waals surface area contributed by atoms with Crippen LogP contribution in [0.5, 0.6) is 0 Å². The Hall–Kier alpha value is -10.6. The average molecular weight is 1010 g/mol. The van der Waals surface area contributed by atoms with E-state index in [0.717, 1.165) is 35.4 Å². The van der Waals surface area contributed by atoms with Crippen LogP contribution < -0.4 is 0 Å². The molecule has 0 unspecified atom stereocenters. The first-order valence-electron chi connectivity index (χ1n) is 23.7. The Morgan fingerprint density at radius 2 is 0.753 bits per heavy atom. The SMILES string of the molecule is N#Cc1ccc(-c2ccc3c(c2)c2cc(-c4ccc(C#N)cc4C#N)ccc2n3-c2c(-c3ccc(C(F)(F)F)cc3)cc(-c3nc(-c4ccccc4)cc(-c4ccccc4)n3)cc2-c2ccc(C(F)(F)F)cc2)c(C#N)c1. The van der Waals surface area contributed by atoms with E-state index in [2.05, 4.69) is 24.3 Å². The van der Waals surface area contributed by atoms with Crippen LogP contribution in [0.3, 0.4) is 0 Å². The van der Waals surface area contributed by atoms with Crippen LogP contribution in [0.25, 0.3) is 106 Å². The van der Waals surface area contributed by atoms with Crippen LogP contribution in [-0.2, 0) is 12.4 Å². The lowest BCUT2D eigenvalue weighted by Crippen LogP contribution is -2.06. The Morgan fingerprint density at radius 1 is 0.351 bits per heavy atom. The maximum atomic E-state index is 14.3. The molecule has 0 aliphatic heterocycles. The van der Waals surface area contributed by atoms with Gasteiger partial charge in [0.25, 0.3) is 0 Å². The van der Waals surface area contributed by atoms with Crippen LogP contribution in [0.2, 0.25) is 0 Å². The number of nitriles is 4. The monoisotopic (exact) mass is 1010 g/mol. The lowest BCUT2D eigenvalue weighted by molar-refractivity contribution is -0.138. The fraction of sp³-hybridized carbons (Fsp3) is 0.0312. The highest BCUT2D eigenvalue weighted by Gasteiger charge is 2.32. The van der Waals surface area contributed by atoms with E-state index in [1.165, 1.54) is 36.4 Å². The van der Waals surface area contributed by atoms with Gasteiger partial charge in [-0.1, -0.05) is 109 Å². The minimum absolute atomic E-state index is 0.223. The fourth-order valence-corrected chi connectivity index (χ4v) is 9.73. The summed E-state index contributed by atoms with van der Waals surface area (Å²) in [5.41, 5.74) is 7.41. The molecule has 0 aliphatic rings. The Balaban J connectivity index is 1.28. The molecule has 11 rings (SSSR count). The number of aromatic nitrogens is 3. The zero-order valence-corrected chi connectivity index (χ0v) is 40.0. The van der Waals surface area contributed by atoms with Crippen molar-refractivity contribution in [2.75, 3.05) is 0 Å². The van der Waals surface area contributed by atoms with Crippen molar-refractivity contribution in [2.24, 2.45) is 0 Å². The number of alkyl halides is 6. The molecule has 0 fully saturated rings. The molecule has 0 amide bonds. The summed E-state index contributed by atoms with van der Waals surface area (Å²) in [5.74, 6) is 0.223. The highest BCUT2D eigenvalue weighted by Crippen LogP contribution is 2.47. The lowest BCUT2D eigenvalue weighted by atomic mass is 9.91. The second-order valence-electron chi connectivity index (χ2n) is 18.0. The molecular formula is C64H33F6N7. The first-order chi connectivity index (χ1) is 37.2. The molecule has 77 heavy (non-hydrogen) atoms. The van der Waals surface area contributed by atoms with Crippen molar-refractivity contribution < 1.29 is 26.3 Å². The van der Waals surface area contributed by atoms with Gasteiger partial charge in [0.1, 0.15) is 0 Å². The molecule has 13 heteroatoms. The Labute approximate surface area is 436 Å². The Bertz CT molecular complexity index is 4060. The van der Waals surface area contributed by atoms with Crippen molar-refractivity contribution in [3.8, 4) is 108 Å². The predicted molar refractivity (Wildman–Crippen MR) is 283 cm³/mol. The maximum absolute atomic E-state index is 14.3. The van der Waals surface area contributed by atoms with Crippen LogP contribution in [0.1, 0.15) is 33.4 Å². The highest BCUT2D eigenvalue weighted by molar-refractivity contribution is 6.13. The normalized spacial score (nSPS) is 11.5. The van der Waals surface area contributed by atoms with Gasteiger partial charge in [0, 0.05) is 38.6 Å². The molecule has 7 nitrogen and oxygen atoms in total. The molecule has 2 heterocycles. The number of benzene rings is 9. The Kier molecular flexibility index (Phi) is 12.2. The van der Waals surface area contributed by atoms with Gasteiger partial charge in [0.05, 0.1) is 85.8 Å². The first kappa shape index (κ1) is 48.7. The van der Waals surface area contributed by atoms with Crippen molar-refractivity contribution in [3.05, 3.63) is 234 Å². The zero-order valence-electron chi connectivity index (χ0n) is 40.0. The number of fused-ring (bicyclic) bond motifs is 3. The van der Waals surface area contributed by atoms with E-state index in [1.54, 1.807) is 48.5 Å². The number of halogens is 6. The molecule has 0 spiro atoms. The van der Waals surface area contributed by atoms with Crippen molar-refractivity contribution in [3.63, 3.8) is 0 Å². The summed E-state index contributed by atoms with van der Waals surface area (Å²) in [4.78, 5) is 10.2. The third-order valence-electron chi connectivity index (χ3n) is 13.4. The molecule has 2 aromatic heterocycles. The highest BCUT2D eigenvalue weighted by atomic mass is 19.4. The van der Waals surface area contributed by atoms with Crippen molar-refractivity contribution in [2.45, 2.75) is 12.4 Å². The molecule has 0 saturated heterocycles. The van der Waals surface area contributed by atoms with Crippen LogP contribution in [0.4, 0.5) is 26.3 Å². The fourth-order valence-electron chi connectivity index (χ4n) is 9.73. The van der Waals surface area contributed by atoms with Crippen LogP contribution >= 0.6 is 0 Å². The number of hydrogen-bond acceptors (Lipinski definition) is 6. The van der Waals surface area contributed by atoms with E-state index < -0.39 is 23.5 Å². The number of rotatable bonds is 8. The second kappa shape index (κ2) is 19.3. The van der Waals surface area contributed by atoms with E-state index in [9.17, 15) is 47.4 Å². The summed E-state index contributed by atoms with van der Waals surface area (Å²) in [5, 5.41) is 41.2. The molecule has 9 aromatic carbocycles. The maximum Gasteiger partial charge on any atom is 0.416 e. The Morgan fingerprint density at radius 3 is 1.13 bits per heavy atom. The molecule has 0 N–H and O–H groups in total. The molecule has 0 saturated carbocycles. The largest absolute Gasteiger partial charge is 0.416 e. The third-order valence-corrected chi connectivity index (χ3v) is 13.4. The number of hydrogen-bond donors (Lipinski definition) is 0. The van der Waals surface area contributed by atoms with E-state index in [-0.39, 0.29) is 28.1 Å². The van der Waals surface area contributed by atoms with E-state index in [1.807, 2.05) is 95.6 Å². The van der Waals surface area contributed by atoms with Gasteiger partial charge in [-0.3, -0.25) is 0 Å². The van der Waals surface area contributed by atoms with Gasteiger partial charge in [-0.2, -0.15) is 47.4 Å². The quantitative estimate of drug-likeness (QED) is 0.140. The molecule has 0 atom stereocenters. The standard InChI is InChI=1S/C64H33F6N7/c65-63(66,67)49-19-13-40(14-20-49)53-31-46(62-75-57(42-7-3-1-4-8-42)33-58(76-62)43-9-5-2-6-10-43)32-54(41-15-21-50(22-16-41)64(68,69)70)61(53)77-59-25-17-44(51-23-11-38(34-71)27-47(51)36-73)29-55(59)56-30-45(18-26-60(56)77)52-24-12-39(35-72)28-48(52)37-74/h1-33H. The first-order valence-corrected chi connectivity index (χ1v) is 23.7. The minimum atomic E-state index is -4.68. The van der Waals surface area contributed by atoms with Gasteiger partial charge < -0.3 is 4.57 Å². The molecule has 366 valence electrons. The zero-order chi connectivity index (χ0) is 53.6. The summed E-state index contributed by atoms with van der Waals surface area (Å²) >= 11 is 0. The summed E-state index contributed by atoms with van der Waals surface area (Å²) in [6, 6.07) is 62.6. The third kappa shape index (κ3) is 9.16. The second-order valence-corrected chi connectivity index (χ2v) is 18.0. The summed E-state index contributed by atoms with van der Waals surface area (Å²) in [7, 11) is 0.